The summed E-state index contributed by atoms with van der Waals surface area (Å²) < 4.78 is 0. The molecule has 1 fully saturated rings. The minimum atomic E-state index is -0.393. The average Bonchev–Trinajstić information content (AvgIpc) is 1.99. The molecular weight excluding hydrogens is 168 g/mol. The van der Waals surface area contributed by atoms with Crippen molar-refractivity contribution in [2.24, 2.45) is 5.92 Å². The lowest BCUT2D eigenvalue weighted by molar-refractivity contribution is -0.136. The molecule has 0 aromatic heterocycles. The van der Waals surface area contributed by atoms with Crippen LogP contribution in [0, 0.1) is 5.92 Å². The third-order valence-corrected chi connectivity index (χ3v) is 2.09. The summed E-state index contributed by atoms with van der Waals surface area (Å²) in [5.41, 5.74) is 0. The third kappa shape index (κ3) is 2.44. The molecule has 4 heteroatoms. The molecule has 2 N–H and O–H groups in total. The minimum Gasteiger partial charge on any atom is -0.343 e. The molecule has 1 saturated heterocycles. The third-order valence-electron chi connectivity index (χ3n) is 2.09. The molecule has 0 aliphatic carbocycles. The monoisotopic (exact) mass is 184 g/mol. The van der Waals surface area contributed by atoms with Crippen LogP contribution in [0.1, 0.15) is 27.2 Å². The molecule has 13 heavy (non-hydrogen) atoms. The highest BCUT2D eigenvalue weighted by atomic mass is 16.2. The van der Waals surface area contributed by atoms with Crippen molar-refractivity contribution in [1.29, 1.82) is 0 Å². The van der Waals surface area contributed by atoms with Gasteiger partial charge in [-0.05, 0) is 19.3 Å². The molecule has 0 aromatic carbocycles. The Balaban J connectivity index is 2.56. The largest absolute Gasteiger partial charge is 0.343 e. The first kappa shape index (κ1) is 10.0. The highest BCUT2D eigenvalue weighted by molar-refractivity contribution is 5.96. The molecule has 1 aliphatic rings. The number of hydrogen-bond acceptors (Lipinski definition) is 2. The zero-order valence-electron chi connectivity index (χ0n) is 8.26. The van der Waals surface area contributed by atoms with E-state index in [-0.39, 0.29) is 17.9 Å². The molecule has 0 radical (unpaired) electrons. The van der Waals surface area contributed by atoms with Gasteiger partial charge in [-0.25, -0.2) is 0 Å². The Morgan fingerprint density at radius 1 is 1.23 bits per heavy atom. The fourth-order valence-electron chi connectivity index (χ4n) is 1.38. The van der Waals surface area contributed by atoms with Crippen LogP contribution in [0.5, 0.6) is 0 Å². The van der Waals surface area contributed by atoms with E-state index < -0.39 is 6.04 Å². The van der Waals surface area contributed by atoms with Gasteiger partial charge >= 0.3 is 0 Å². The van der Waals surface area contributed by atoms with Crippen LogP contribution in [0.2, 0.25) is 0 Å². The number of nitrogens with one attached hydrogen (secondary N) is 2. The molecule has 0 saturated carbocycles. The van der Waals surface area contributed by atoms with Crippen LogP contribution in [0.3, 0.4) is 0 Å². The van der Waals surface area contributed by atoms with Crippen molar-refractivity contribution in [1.82, 2.24) is 10.6 Å². The molecular formula is C9H16N2O2. The van der Waals surface area contributed by atoms with Gasteiger partial charge < -0.3 is 10.6 Å². The fourth-order valence-corrected chi connectivity index (χ4v) is 1.38. The van der Waals surface area contributed by atoms with Crippen LogP contribution in [0.25, 0.3) is 0 Å². The van der Waals surface area contributed by atoms with E-state index in [1.807, 2.05) is 13.8 Å². The van der Waals surface area contributed by atoms with E-state index in [0.29, 0.717) is 12.3 Å². The topological polar surface area (TPSA) is 58.2 Å². The van der Waals surface area contributed by atoms with Crippen molar-refractivity contribution >= 4 is 11.8 Å². The second-order valence-corrected chi connectivity index (χ2v) is 3.92. The average molecular weight is 184 g/mol. The first-order valence-corrected chi connectivity index (χ1v) is 4.61. The van der Waals surface area contributed by atoms with Crippen LogP contribution in [0.4, 0.5) is 0 Å². The first-order chi connectivity index (χ1) is 6.00. The maximum Gasteiger partial charge on any atom is 0.243 e. The summed E-state index contributed by atoms with van der Waals surface area (Å²) in [6.45, 7) is 5.73. The smallest absolute Gasteiger partial charge is 0.243 e. The van der Waals surface area contributed by atoms with Crippen molar-refractivity contribution in [3.05, 3.63) is 0 Å². The molecule has 1 rings (SSSR count). The SMILES string of the molecule is CC(C)CC1NC(=O)C(C)NC1=O. The molecule has 2 unspecified atom stereocenters. The van der Waals surface area contributed by atoms with Crippen LogP contribution in [-0.4, -0.2) is 23.9 Å². The van der Waals surface area contributed by atoms with Gasteiger partial charge in [-0.1, -0.05) is 13.8 Å². The summed E-state index contributed by atoms with van der Waals surface area (Å²) in [6.07, 6.45) is 0.699. The molecule has 0 bridgehead atoms. The van der Waals surface area contributed by atoms with Crippen molar-refractivity contribution in [3.63, 3.8) is 0 Å². The van der Waals surface area contributed by atoms with Crippen LogP contribution in [-0.2, 0) is 9.59 Å². The van der Waals surface area contributed by atoms with E-state index in [9.17, 15) is 9.59 Å². The second-order valence-electron chi connectivity index (χ2n) is 3.92. The van der Waals surface area contributed by atoms with Crippen molar-refractivity contribution in [2.75, 3.05) is 0 Å². The number of hydrogen-bond donors (Lipinski definition) is 2. The van der Waals surface area contributed by atoms with Gasteiger partial charge in [0.05, 0.1) is 0 Å². The Morgan fingerprint density at radius 3 is 2.38 bits per heavy atom. The Hall–Kier alpha value is -1.06. The number of carbonyl (C=O) groups is 2. The summed E-state index contributed by atoms with van der Waals surface area (Å²) in [5, 5.41) is 5.33. The number of rotatable bonds is 2. The highest BCUT2D eigenvalue weighted by Gasteiger charge is 2.30. The van der Waals surface area contributed by atoms with Gasteiger partial charge in [0.15, 0.2) is 0 Å². The van der Waals surface area contributed by atoms with E-state index in [4.69, 9.17) is 0 Å². The van der Waals surface area contributed by atoms with Gasteiger partial charge in [0.25, 0.3) is 0 Å². The molecule has 4 nitrogen and oxygen atoms in total. The summed E-state index contributed by atoms with van der Waals surface area (Å²) in [6, 6.07) is -0.736. The van der Waals surface area contributed by atoms with Crippen molar-refractivity contribution in [2.45, 2.75) is 39.3 Å². The molecule has 1 aliphatic heterocycles. The molecule has 2 atom stereocenters. The Bertz CT molecular complexity index is 226. The van der Waals surface area contributed by atoms with Crippen LogP contribution in [0.15, 0.2) is 0 Å². The molecule has 0 spiro atoms. The quantitative estimate of drug-likeness (QED) is 0.636. The van der Waals surface area contributed by atoms with Gasteiger partial charge in [0, 0.05) is 0 Å². The van der Waals surface area contributed by atoms with E-state index in [2.05, 4.69) is 10.6 Å². The summed E-state index contributed by atoms with van der Waals surface area (Å²) >= 11 is 0. The predicted octanol–water partition coefficient (Wildman–Crippen LogP) is 0.0356. The minimum absolute atomic E-state index is 0.0687. The van der Waals surface area contributed by atoms with E-state index >= 15 is 0 Å². The zero-order chi connectivity index (χ0) is 10.0. The molecule has 0 aromatic rings. The molecule has 74 valence electrons. The number of piperazine rings is 1. The van der Waals surface area contributed by atoms with Crippen molar-refractivity contribution < 1.29 is 9.59 Å². The standard InChI is InChI=1S/C9H16N2O2/c1-5(2)4-7-9(13)10-6(3)8(12)11-7/h5-7H,4H2,1-3H3,(H,10,13)(H,11,12). The number of carbonyl (C=O) groups excluding carboxylic acids is 2. The van der Waals surface area contributed by atoms with Crippen molar-refractivity contribution in [3.8, 4) is 0 Å². The van der Waals surface area contributed by atoms with E-state index in [1.165, 1.54) is 0 Å². The van der Waals surface area contributed by atoms with Crippen LogP contribution >= 0.6 is 0 Å². The fraction of sp³-hybridized carbons (Fsp3) is 0.778. The first-order valence-electron chi connectivity index (χ1n) is 4.61. The lowest BCUT2D eigenvalue weighted by atomic mass is 10.0. The lowest BCUT2D eigenvalue weighted by Gasteiger charge is -2.28. The van der Waals surface area contributed by atoms with Crippen LogP contribution < -0.4 is 10.6 Å². The maximum atomic E-state index is 11.4. The normalized spacial score (nSPS) is 28.6. The van der Waals surface area contributed by atoms with Gasteiger partial charge in [-0.3, -0.25) is 9.59 Å². The van der Waals surface area contributed by atoms with Gasteiger partial charge in [0.2, 0.25) is 11.8 Å². The second kappa shape index (κ2) is 3.77. The Morgan fingerprint density at radius 2 is 1.85 bits per heavy atom. The lowest BCUT2D eigenvalue weighted by Crippen LogP contribution is -2.60. The summed E-state index contributed by atoms with van der Waals surface area (Å²) in [7, 11) is 0. The van der Waals surface area contributed by atoms with E-state index in [1.54, 1.807) is 6.92 Å². The maximum absolute atomic E-state index is 11.4. The van der Waals surface area contributed by atoms with Gasteiger partial charge in [0.1, 0.15) is 12.1 Å². The van der Waals surface area contributed by atoms with Gasteiger partial charge in [-0.2, -0.15) is 0 Å². The predicted molar refractivity (Wildman–Crippen MR) is 49.0 cm³/mol. The van der Waals surface area contributed by atoms with E-state index in [0.717, 1.165) is 0 Å². The summed E-state index contributed by atoms with van der Waals surface area (Å²) in [4.78, 5) is 22.6. The Kier molecular flexibility index (Phi) is 2.90. The molecule has 1 heterocycles. The van der Waals surface area contributed by atoms with Gasteiger partial charge in [-0.15, -0.1) is 0 Å². The molecule has 2 amide bonds. The Labute approximate surface area is 78.1 Å². The zero-order valence-corrected chi connectivity index (χ0v) is 8.26. The highest BCUT2D eigenvalue weighted by Crippen LogP contribution is 2.08. The summed E-state index contributed by atoms with van der Waals surface area (Å²) in [5.74, 6) is 0.246. The number of amides is 2.